The standard InChI is InChI=1S/C73H147N2O6P/c1-6-8-10-12-14-16-18-20-22-24-26-27-28-29-30-31-32-33-34-35-36-37-38-39-40-41-42-43-44-45-46-47-49-51-53-55-57-59-61-63-65-67-73(77)74-71(70-81-82(78,79)80-69-68-75(3,4)5)72(76)66-64-62-60-58-56-54-52-50-48-25-23-21-19-17-15-13-11-9-7-2/h64,66,71-72,76H,6-63,65,67-70H2,1-5H3,(H-,74,77,78,79)/b66-64+. The molecule has 0 aromatic heterocycles. The molecular weight excluding hydrogens is 1030 g/mol. The minimum Gasteiger partial charge on any atom is -0.756 e. The number of hydrogen-bond acceptors (Lipinski definition) is 6. The number of carbonyl (C=O) groups excluding carboxylic acids is 1. The fourth-order valence-corrected chi connectivity index (χ4v) is 12.5. The Morgan fingerprint density at radius 3 is 0.915 bits per heavy atom. The van der Waals surface area contributed by atoms with Crippen molar-refractivity contribution >= 4 is 13.7 Å². The zero-order chi connectivity index (χ0) is 59.8. The van der Waals surface area contributed by atoms with E-state index in [9.17, 15) is 19.4 Å². The number of aliphatic hydroxyl groups is 1. The van der Waals surface area contributed by atoms with Crippen molar-refractivity contribution in [3.05, 3.63) is 12.2 Å². The van der Waals surface area contributed by atoms with Crippen molar-refractivity contribution < 1.29 is 32.9 Å². The molecule has 0 bridgehead atoms. The summed E-state index contributed by atoms with van der Waals surface area (Å²) in [6.07, 6.45) is 83.7. The van der Waals surface area contributed by atoms with Crippen LogP contribution in [0.25, 0.3) is 0 Å². The number of amides is 1. The van der Waals surface area contributed by atoms with Gasteiger partial charge in [0, 0.05) is 6.42 Å². The molecule has 0 aromatic rings. The number of aliphatic hydroxyl groups excluding tert-OH is 1. The molecule has 0 heterocycles. The molecule has 490 valence electrons. The Labute approximate surface area is 513 Å². The third-order valence-corrected chi connectivity index (χ3v) is 18.5. The maximum Gasteiger partial charge on any atom is 0.268 e. The predicted octanol–water partition coefficient (Wildman–Crippen LogP) is 23.0. The molecule has 1 amide bonds. The number of phosphoric ester groups is 1. The fourth-order valence-electron chi connectivity index (χ4n) is 11.7. The summed E-state index contributed by atoms with van der Waals surface area (Å²) >= 11 is 0. The number of rotatable bonds is 70. The van der Waals surface area contributed by atoms with Crippen molar-refractivity contribution in [1.29, 1.82) is 0 Å². The third-order valence-electron chi connectivity index (χ3n) is 17.5. The molecule has 2 N–H and O–H groups in total. The van der Waals surface area contributed by atoms with E-state index in [4.69, 9.17) is 9.05 Å². The molecule has 0 saturated carbocycles. The number of nitrogens with one attached hydrogen (secondary N) is 1. The summed E-state index contributed by atoms with van der Waals surface area (Å²) in [7, 11) is 1.28. The first-order valence-electron chi connectivity index (χ1n) is 37.1. The number of quaternary nitrogens is 1. The first-order chi connectivity index (χ1) is 40.0. The summed E-state index contributed by atoms with van der Waals surface area (Å²) in [6, 6.07) is -0.883. The van der Waals surface area contributed by atoms with Gasteiger partial charge in [-0.2, -0.15) is 0 Å². The van der Waals surface area contributed by atoms with Crippen LogP contribution >= 0.6 is 7.82 Å². The largest absolute Gasteiger partial charge is 0.756 e. The number of phosphoric acid groups is 1. The van der Waals surface area contributed by atoms with Gasteiger partial charge in [0.15, 0.2) is 0 Å². The smallest absolute Gasteiger partial charge is 0.268 e. The quantitative estimate of drug-likeness (QED) is 0.0272. The molecule has 0 spiro atoms. The van der Waals surface area contributed by atoms with Gasteiger partial charge in [0.1, 0.15) is 13.2 Å². The molecular formula is C73H147N2O6P. The van der Waals surface area contributed by atoms with E-state index in [2.05, 4.69) is 19.2 Å². The summed E-state index contributed by atoms with van der Waals surface area (Å²) in [5, 5.41) is 14.0. The van der Waals surface area contributed by atoms with Crippen LogP contribution in [-0.4, -0.2) is 68.5 Å². The summed E-state index contributed by atoms with van der Waals surface area (Å²) < 4.78 is 23.4. The number of likely N-dealkylation sites (N-methyl/N-ethyl adjacent to an activating group) is 1. The Morgan fingerprint density at radius 1 is 0.415 bits per heavy atom. The minimum atomic E-state index is -4.60. The highest BCUT2D eigenvalue weighted by Crippen LogP contribution is 2.38. The van der Waals surface area contributed by atoms with Gasteiger partial charge in [-0.25, -0.2) is 0 Å². The molecule has 0 fully saturated rings. The SMILES string of the molecule is CCCCCCCCCCCCCCCCCCC/C=C/C(O)C(COP(=O)([O-])OCC[N+](C)(C)C)NC(=O)CCCCCCCCCCCCCCCCCCCCCCCCCCCCCCCCCCCCCCCCCCC. The normalized spacial score (nSPS) is 13.6. The lowest BCUT2D eigenvalue weighted by molar-refractivity contribution is -0.870. The Morgan fingerprint density at radius 2 is 0.659 bits per heavy atom. The highest BCUT2D eigenvalue weighted by atomic mass is 31.2. The second kappa shape index (κ2) is 64.7. The van der Waals surface area contributed by atoms with Crippen LogP contribution in [0.1, 0.15) is 399 Å². The highest BCUT2D eigenvalue weighted by Gasteiger charge is 2.23. The van der Waals surface area contributed by atoms with Crippen molar-refractivity contribution in [2.45, 2.75) is 411 Å². The van der Waals surface area contributed by atoms with Crippen LogP contribution in [0.5, 0.6) is 0 Å². The maximum absolute atomic E-state index is 13.0. The third kappa shape index (κ3) is 66.8. The second-order valence-corrected chi connectivity index (χ2v) is 28.4. The van der Waals surface area contributed by atoms with Gasteiger partial charge in [0.05, 0.1) is 39.9 Å². The molecule has 3 atom stereocenters. The van der Waals surface area contributed by atoms with Crippen LogP contribution in [-0.2, 0) is 18.4 Å². The maximum atomic E-state index is 13.0. The number of nitrogens with zero attached hydrogens (tertiary/aromatic N) is 1. The van der Waals surface area contributed by atoms with Crippen LogP contribution in [0.15, 0.2) is 12.2 Å². The Balaban J connectivity index is 3.85. The van der Waals surface area contributed by atoms with Gasteiger partial charge in [0.2, 0.25) is 5.91 Å². The molecule has 0 saturated heterocycles. The number of allylic oxidation sites excluding steroid dienone is 1. The van der Waals surface area contributed by atoms with Gasteiger partial charge in [-0.3, -0.25) is 9.36 Å². The molecule has 0 aliphatic rings. The van der Waals surface area contributed by atoms with Gasteiger partial charge in [-0.15, -0.1) is 0 Å². The number of unbranched alkanes of at least 4 members (excludes halogenated alkanes) is 57. The Bertz CT molecular complexity index is 1340. The van der Waals surface area contributed by atoms with Crippen molar-refractivity contribution in [1.82, 2.24) is 5.32 Å². The average molecular weight is 1180 g/mol. The molecule has 0 radical (unpaired) electrons. The zero-order valence-corrected chi connectivity index (χ0v) is 57.1. The monoisotopic (exact) mass is 1180 g/mol. The van der Waals surface area contributed by atoms with E-state index in [1.807, 2.05) is 27.2 Å². The summed E-state index contributed by atoms with van der Waals surface area (Å²) in [5.41, 5.74) is 0. The molecule has 82 heavy (non-hydrogen) atoms. The minimum absolute atomic E-state index is 0.00290. The van der Waals surface area contributed by atoms with Crippen LogP contribution in [0.2, 0.25) is 0 Å². The molecule has 0 aromatic carbocycles. The highest BCUT2D eigenvalue weighted by molar-refractivity contribution is 7.45. The zero-order valence-electron chi connectivity index (χ0n) is 56.2. The lowest BCUT2D eigenvalue weighted by Gasteiger charge is -2.29. The Kier molecular flexibility index (Phi) is 64.1. The molecule has 8 nitrogen and oxygen atoms in total. The predicted molar refractivity (Wildman–Crippen MR) is 358 cm³/mol. The van der Waals surface area contributed by atoms with Gasteiger partial charge in [-0.1, -0.05) is 386 Å². The van der Waals surface area contributed by atoms with Crippen LogP contribution in [0.4, 0.5) is 0 Å². The van der Waals surface area contributed by atoms with Gasteiger partial charge in [-0.05, 0) is 19.3 Å². The van der Waals surface area contributed by atoms with E-state index >= 15 is 0 Å². The summed E-state index contributed by atoms with van der Waals surface area (Å²) in [6.45, 7) is 4.72. The van der Waals surface area contributed by atoms with E-state index in [-0.39, 0.29) is 19.1 Å². The second-order valence-electron chi connectivity index (χ2n) is 27.0. The topological polar surface area (TPSA) is 108 Å². The summed E-state index contributed by atoms with van der Waals surface area (Å²) in [4.78, 5) is 25.6. The Hall–Kier alpha value is -0.760. The van der Waals surface area contributed by atoms with Crippen LogP contribution in [0.3, 0.4) is 0 Å². The van der Waals surface area contributed by atoms with Crippen molar-refractivity contribution in [2.75, 3.05) is 40.9 Å². The van der Waals surface area contributed by atoms with Crippen molar-refractivity contribution in [3.63, 3.8) is 0 Å². The van der Waals surface area contributed by atoms with E-state index in [0.29, 0.717) is 17.4 Å². The molecule has 0 rings (SSSR count). The first kappa shape index (κ1) is 81.2. The van der Waals surface area contributed by atoms with Crippen molar-refractivity contribution in [2.24, 2.45) is 0 Å². The van der Waals surface area contributed by atoms with E-state index in [0.717, 1.165) is 38.5 Å². The van der Waals surface area contributed by atoms with Gasteiger partial charge in [0.25, 0.3) is 7.82 Å². The van der Waals surface area contributed by atoms with E-state index in [1.54, 1.807) is 6.08 Å². The number of hydrogen-bond donors (Lipinski definition) is 2. The molecule has 0 aliphatic heterocycles. The molecule has 9 heteroatoms. The average Bonchev–Trinajstić information content (AvgIpc) is 3.47. The van der Waals surface area contributed by atoms with E-state index < -0.39 is 20.0 Å². The lowest BCUT2D eigenvalue weighted by Crippen LogP contribution is -2.45. The van der Waals surface area contributed by atoms with Crippen LogP contribution in [0, 0.1) is 0 Å². The molecule has 0 aliphatic carbocycles. The van der Waals surface area contributed by atoms with E-state index in [1.165, 1.54) is 340 Å². The van der Waals surface area contributed by atoms with Crippen LogP contribution < -0.4 is 10.2 Å². The van der Waals surface area contributed by atoms with Gasteiger partial charge >= 0.3 is 0 Å². The van der Waals surface area contributed by atoms with Crippen molar-refractivity contribution in [3.8, 4) is 0 Å². The molecule has 3 unspecified atom stereocenters. The number of carbonyl (C=O) groups is 1. The lowest BCUT2D eigenvalue weighted by atomic mass is 10.0. The summed E-state index contributed by atoms with van der Waals surface area (Å²) in [5.74, 6) is -0.187. The fraction of sp³-hybridized carbons (Fsp3) is 0.959. The van der Waals surface area contributed by atoms with Gasteiger partial charge < -0.3 is 28.8 Å². The first-order valence-corrected chi connectivity index (χ1v) is 38.5.